The highest BCUT2D eigenvalue weighted by atomic mass is 35.5. The first kappa shape index (κ1) is 10.5. The summed E-state index contributed by atoms with van der Waals surface area (Å²) in [6.45, 7) is 2.61. The lowest BCUT2D eigenvalue weighted by atomic mass is 10.2. The second-order valence-electron chi connectivity index (χ2n) is 3.28. The van der Waals surface area contributed by atoms with Gasteiger partial charge in [-0.2, -0.15) is 0 Å². The number of aromatic nitrogens is 3. The molecule has 1 aromatic carbocycles. The first-order valence-electron chi connectivity index (χ1n) is 4.46. The van der Waals surface area contributed by atoms with E-state index in [0.29, 0.717) is 16.6 Å². The number of benzene rings is 1. The maximum atomic E-state index is 5.92. The van der Waals surface area contributed by atoms with Crippen LogP contribution in [0.4, 0.5) is 0 Å². The number of aryl methyl sites for hydroxylation is 1. The van der Waals surface area contributed by atoms with Crippen molar-refractivity contribution < 1.29 is 0 Å². The van der Waals surface area contributed by atoms with Gasteiger partial charge in [-0.1, -0.05) is 34.5 Å². The van der Waals surface area contributed by atoms with Gasteiger partial charge in [-0.15, -0.1) is 5.10 Å². The molecule has 5 heteroatoms. The summed E-state index contributed by atoms with van der Waals surface area (Å²) in [5.74, 6) is 0. The van der Waals surface area contributed by atoms with Crippen molar-refractivity contribution >= 4 is 23.2 Å². The third-order valence-corrected chi connectivity index (χ3v) is 2.87. The average molecular weight is 242 g/mol. The molecule has 0 fully saturated rings. The standard InChI is InChI=1S/C10H9Cl2N3/c1-7-5-13-14-15(7)6-8-2-3-9(11)10(12)4-8/h2-5H,6H2,1H3. The lowest BCUT2D eigenvalue weighted by Gasteiger charge is -2.04. The summed E-state index contributed by atoms with van der Waals surface area (Å²) in [5.41, 5.74) is 2.07. The predicted molar refractivity (Wildman–Crippen MR) is 60.3 cm³/mol. The Morgan fingerprint density at radius 3 is 2.67 bits per heavy atom. The number of rotatable bonds is 2. The van der Waals surface area contributed by atoms with E-state index in [1.54, 1.807) is 16.9 Å². The zero-order chi connectivity index (χ0) is 10.8. The molecule has 0 N–H and O–H groups in total. The summed E-state index contributed by atoms with van der Waals surface area (Å²) >= 11 is 11.7. The molecular weight excluding hydrogens is 233 g/mol. The monoisotopic (exact) mass is 241 g/mol. The zero-order valence-corrected chi connectivity index (χ0v) is 9.63. The molecule has 3 nitrogen and oxygen atoms in total. The largest absolute Gasteiger partial charge is 0.245 e. The predicted octanol–water partition coefficient (Wildman–Crippen LogP) is 2.94. The molecule has 0 unspecified atom stereocenters. The Bertz CT molecular complexity index is 479. The smallest absolute Gasteiger partial charge is 0.0722 e. The molecule has 2 rings (SSSR count). The van der Waals surface area contributed by atoms with Crippen LogP contribution in [0.25, 0.3) is 0 Å². The van der Waals surface area contributed by atoms with Crippen LogP contribution in [0.1, 0.15) is 11.3 Å². The Morgan fingerprint density at radius 1 is 1.27 bits per heavy atom. The Balaban J connectivity index is 2.25. The molecular formula is C10H9Cl2N3. The Kier molecular flexibility index (Phi) is 2.93. The fraction of sp³-hybridized carbons (Fsp3) is 0.200. The summed E-state index contributed by atoms with van der Waals surface area (Å²) < 4.78 is 1.81. The summed E-state index contributed by atoms with van der Waals surface area (Å²) in [6, 6.07) is 5.55. The quantitative estimate of drug-likeness (QED) is 0.810. The number of nitrogens with zero attached hydrogens (tertiary/aromatic N) is 3. The van der Waals surface area contributed by atoms with Gasteiger partial charge in [0.25, 0.3) is 0 Å². The molecule has 0 amide bonds. The van der Waals surface area contributed by atoms with Gasteiger partial charge in [-0.3, -0.25) is 0 Å². The first-order chi connectivity index (χ1) is 7.16. The lowest BCUT2D eigenvalue weighted by Crippen LogP contribution is -2.03. The van der Waals surface area contributed by atoms with Crippen molar-refractivity contribution in [1.29, 1.82) is 0 Å². The molecule has 78 valence electrons. The number of hydrogen-bond acceptors (Lipinski definition) is 2. The second-order valence-corrected chi connectivity index (χ2v) is 4.10. The molecule has 0 atom stereocenters. The Morgan fingerprint density at radius 2 is 2.07 bits per heavy atom. The van der Waals surface area contributed by atoms with Crippen molar-refractivity contribution in [3.63, 3.8) is 0 Å². The van der Waals surface area contributed by atoms with Gasteiger partial charge in [0.15, 0.2) is 0 Å². The third-order valence-electron chi connectivity index (χ3n) is 2.13. The Labute approximate surface area is 97.6 Å². The minimum atomic E-state index is 0.562. The van der Waals surface area contributed by atoms with Gasteiger partial charge in [0, 0.05) is 0 Å². The summed E-state index contributed by atoms with van der Waals surface area (Å²) in [4.78, 5) is 0. The SMILES string of the molecule is Cc1cnnn1Cc1ccc(Cl)c(Cl)c1. The highest BCUT2D eigenvalue weighted by molar-refractivity contribution is 6.42. The van der Waals surface area contributed by atoms with Crippen LogP contribution in [0.5, 0.6) is 0 Å². The highest BCUT2D eigenvalue weighted by Crippen LogP contribution is 2.22. The topological polar surface area (TPSA) is 30.7 Å². The molecule has 1 heterocycles. The summed E-state index contributed by atoms with van der Waals surface area (Å²) in [7, 11) is 0. The molecule has 15 heavy (non-hydrogen) atoms. The molecule has 0 bridgehead atoms. The number of halogens is 2. The van der Waals surface area contributed by atoms with Crippen LogP contribution in [0, 0.1) is 6.92 Å². The van der Waals surface area contributed by atoms with Gasteiger partial charge in [0.1, 0.15) is 0 Å². The summed E-state index contributed by atoms with van der Waals surface area (Å²) in [6.07, 6.45) is 1.72. The highest BCUT2D eigenvalue weighted by Gasteiger charge is 2.02. The normalized spacial score (nSPS) is 10.6. The van der Waals surface area contributed by atoms with E-state index in [9.17, 15) is 0 Å². The molecule has 0 aliphatic rings. The summed E-state index contributed by atoms with van der Waals surface area (Å²) in [5, 5.41) is 8.89. The third kappa shape index (κ3) is 2.30. The van der Waals surface area contributed by atoms with E-state index in [1.165, 1.54) is 0 Å². The van der Waals surface area contributed by atoms with Crippen molar-refractivity contribution in [3.8, 4) is 0 Å². The van der Waals surface area contributed by atoms with Crippen molar-refractivity contribution in [2.24, 2.45) is 0 Å². The molecule has 0 saturated carbocycles. The van der Waals surface area contributed by atoms with Crippen LogP contribution >= 0.6 is 23.2 Å². The maximum Gasteiger partial charge on any atom is 0.0722 e. The van der Waals surface area contributed by atoms with Crippen molar-refractivity contribution in [3.05, 3.63) is 45.7 Å². The minimum absolute atomic E-state index is 0.562. The number of hydrogen-bond donors (Lipinski definition) is 0. The average Bonchev–Trinajstić information content (AvgIpc) is 2.59. The lowest BCUT2D eigenvalue weighted by molar-refractivity contribution is 0.633. The van der Waals surface area contributed by atoms with Gasteiger partial charge < -0.3 is 0 Å². The second kappa shape index (κ2) is 4.21. The van der Waals surface area contributed by atoms with Crippen LogP contribution in [0.3, 0.4) is 0 Å². The zero-order valence-electron chi connectivity index (χ0n) is 8.11. The van der Waals surface area contributed by atoms with Gasteiger partial charge in [-0.25, -0.2) is 4.68 Å². The van der Waals surface area contributed by atoms with Crippen LogP contribution < -0.4 is 0 Å². The molecule has 0 aliphatic carbocycles. The molecule has 0 saturated heterocycles. The van der Waals surface area contributed by atoms with E-state index >= 15 is 0 Å². The van der Waals surface area contributed by atoms with E-state index in [1.807, 2.05) is 19.1 Å². The van der Waals surface area contributed by atoms with Crippen LogP contribution in [-0.4, -0.2) is 15.0 Å². The van der Waals surface area contributed by atoms with E-state index in [0.717, 1.165) is 11.3 Å². The fourth-order valence-electron chi connectivity index (χ4n) is 1.28. The molecule has 1 aromatic heterocycles. The van der Waals surface area contributed by atoms with E-state index < -0.39 is 0 Å². The first-order valence-corrected chi connectivity index (χ1v) is 5.21. The van der Waals surface area contributed by atoms with E-state index in [2.05, 4.69) is 10.3 Å². The van der Waals surface area contributed by atoms with Crippen LogP contribution in [-0.2, 0) is 6.54 Å². The van der Waals surface area contributed by atoms with Gasteiger partial charge in [0.05, 0.1) is 28.5 Å². The van der Waals surface area contributed by atoms with Crippen molar-refractivity contribution in [1.82, 2.24) is 15.0 Å². The van der Waals surface area contributed by atoms with Gasteiger partial charge in [-0.05, 0) is 24.6 Å². The van der Waals surface area contributed by atoms with Gasteiger partial charge >= 0.3 is 0 Å². The molecule has 2 aromatic rings. The van der Waals surface area contributed by atoms with Crippen molar-refractivity contribution in [2.45, 2.75) is 13.5 Å². The van der Waals surface area contributed by atoms with Crippen LogP contribution in [0.2, 0.25) is 10.0 Å². The van der Waals surface area contributed by atoms with Crippen LogP contribution in [0.15, 0.2) is 24.4 Å². The van der Waals surface area contributed by atoms with Gasteiger partial charge in [0.2, 0.25) is 0 Å². The minimum Gasteiger partial charge on any atom is -0.245 e. The molecule has 0 radical (unpaired) electrons. The van der Waals surface area contributed by atoms with E-state index in [-0.39, 0.29) is 0 Å². The maximum absolute atomic E-state index is 5.92. The molecule has 0 spiro atoms. The van der Waals surface area contributed by atoms with Crippen molar-refractivity contribution in [2.75, 3.05) is 0 Å². The van der Waals surface area contributed by atoms with E-state index in [4.69, 9.17) is 23.2 Å². The fourth-order valence-corrected chi connectivity index (χ4v) is 1.60. The molecule has 0 aliphatic heterocycles. The Hall–Kier alpha value is -1.06.